The van der Waals surface area contributed by atoms with Crippen LogP contribution in [0.4, 0.5) is 0 Å². The first-order valence-electron chi connectivity index (χ1n) is 6.71. The Bertz CT molecular complexity index is 290. The highest BCUT2D eigenvalue weighted by molar-refractivity contribution is 5.24. The van der Waals surface area contributed by atoms with Gasteiger partial charge in [0, 0.05) is 0 Å². The number of nitrogens with one attached hydrogen (secondary N) is 1. The summed E-state index contributed by atoms with van der Waals surface area (Å²) in [6.07, 6.45) is 2.59. The molecule has 1 aromatic carbocycles. The number of hydrogen-bond acceptors (Lipinski definition) is 3. The number of piperidine rings is 1. The van der Waals surface area contributed by atoms with Gasteiger partial charge in [0.25, 0.3) is 0 Å². The molecule has 1 heterocycles. The highest BCUT2D eigenvalue weighted by Crippen LogP contribution is 2.24. The first kappa shape index (κ1) is 19.9. The van der Waals surface area contributed by atoms with Gasteiger partial charge in [-0.15, -0.1) is 0 Å². The Labute approximate surface area is 117 Å². The Morgan fingerprint density at radius 2 is 1.37 bits per heavy atom. The summed E-state index contributed by atoms with van der Waals surface area (Å²) in [5.74, 6) is 0.793. The maximum absolute atomic E-state index is 8.00. The molecule has 0 radical (unpaired) electrons. The SMILES string of the molecule is C=O.C=O.CC.Cc1ccc(C2CCNCC2)cc1. The molecule has 0 aromatic heterocycles. The second-order valence-electron chi connectivity index (χ2n) is 3.93. The van der Waals surface area contributed by atoms with E-state index < -0.39 is 0 Å². The average molecular weight is 265 g/mol. The zero-order valence-electron chi connectivity index (χ0n) is 12.4. The molecular weight excluding hydrogens is 238 g/mol. The number of carbonyl (C=O) groups is 2. The Morgan fingerprint density at radius 1 is 0.947 bits per heavy atom. The summed E-state index contributed by atoms with van der Waals surface area (Å²) < 4.78 is 0. The predicted molar refractivity (Wildman–Crippen MR) is 81.6 cm³/mol. The number of benzene rings is 1. The van der Waals surface area contributed by atoms with Crippen LogP contribution >= 0.6 is 0 Å². The van der Waals surface area contributed by atoms with Gasteiger partial charge in [-0.1, -0.05) is 43.7 Å². The van der Waals surface area contributed by atoms with E-state index >= 15 is 0 Å². The maximum Gasteiger partial charge on any atom is 0.106 e. The standard InChI is InChI=1S/C12H17N.C2H6.2CH2O/c1-10-2-4-11(5-3-10)12-6-8-13-9-7-12;3*1-2/h2-5,12-13H,6-9H2,1H3;1-2H3;2*1H2. The summed E-state index contributed by atoms with van der Waals surface area (Å²) in [7, 11) is 0. The van der Waals surface area contributed by atoms with Crippen molar-refractivity contribution in [2.75, 3.05) is 13.1 Å². The van der Waals surface area contributed by atoms with E-state index in [-0.39, 0.29) is 0 Å². The van der Waals surface area contributed by atoms with E-state index in [9.17, 15) is 0 Å². The van der Waals surface area contributed by atoms with E-state index in [1.54, 1.807) is 0 Å². The summed E-state index contributed by atoms with van der Waals surface area (Å²) >= 11 is 0. The van der Waals surface area contributed by atoms with Gasteiger partial charge in [-0.05, 0) is 44.3 Å². The smallest absolute Gasteiger partial charge is 0.106 e. The van der Waals surface area contributed by atoms with Crippen LogP contribution < -0.4 is 5.32 Å². The molecule has 0 bridgehead atoms. The number of aryl methyl sites for hydroxylation is 1. The Balaban J connectivity index is 0. The first-order chi connectivity index (χ1) is 9.36. The molecule has 0 spiro atoms. The molecule has 0 aliphatic carbocycles. The van der Waals surface area contributed by atoms with Crippen molar-refractivity contribution in [3.05, 3.63) is 35.4 Å². The van der Waals surface area contributed by atoms with Crippen molar-refractivity contribution in [1.82, 2.24) is 5.32 Å². The monoisotopic (exact) mass is 265 g/mol. The highest BCUT2D eigenvalue weighted by atomic mass is 16.1. The van der Waals surface area contributed by atoms with Crippen molar-refractivity contribution >= 4 is 13.6 Å². The quantitative estimate of drug-likeness (QED) is 0.848. The van der Waals surface area contributed by atoms with Crippen molar-refractivity contribution in [1.29, 1.82) is 0 Å². The molecule has 1 aromatic rings. The summed E-state index contributed by atoms with van der Waals surface area (Å²) in [4.78, 5) is 16.0. The molecule has 1 aliphatic heterocycles. The maximum atomic E-state index is 8.00. The zero-order chi connectivity index (χ0) is 15.1. The van der Waals surface area contributed by atoms with Crippen LogP contribution in [0.2, 0.25) is 0 Å². The fourth-order valence-corrected chi connectivity index (χ4v) is 1.99. The van der Waals surface area contributed by atoms with Gasteiger partial charge < -0.3 is 14.9 Å². The Morgan fingerprint density at radius 3 is 1.79 bits per heavy atom. The lowest BCUT2D eigenvalue weighted by molar-refractivity contribution is -0.0987. The van der Waals surface area contributed by atoms with Crippen LogP contribution in [0.1, 0.15) is 43.7 Å². The third kappa shape index (κ3) is 8.27. The minimum absolute atomic E-state index is 0.793. The molecule has 1 fully saturated rings. The predicted octanol–water partition coefficient (Wildman–Crippen LogP) is 3.12. The zero-order valence-corrected chi connectivity index (χ0v) is 12.4. The van der Waals surface area contributed by atoms with Crippen LogP contribution in [0.25, 0.3) is 0 Å². The third-order valence-corrected chi connectivity index (χ3v) is 2.89. The molecular formula is C16H27NO2. The van der Waals surface area contributed by atoms with E-state index in [0.29, 0.717) is 0 Å². The van der Waals surface area contributed by atoms with E-state index in [4.69, 9.17) is 9.59 Å². The van der Waals surface area contributed by atoms with Crippen LogP contribution in [0.5, 0.6) is 0 Å². The molecule has 1 aliphatic rings. The van der Waals surface area contributed by atoms with Crippen LogP contribution in [0, 0.1) is 6.92 Å². The van der Waals surface area contributed by atoms with Crippen molar-refractivity contribution in [3.8, 4) is 0 Å². The molecule has 3 heteroatoms. The Kier molecular flexibility index (Phi) is 15.2. The topological polar surface area (TPSA) is 46.2 Å². The molecule has 3 nitrogen and oxygen atoms in total. The Hall–Kier alpha value is -1.48. The fraction of sp³-hybridized carbons (Fsp3) is 0.500. The molecule has 0 atom stereocenters. The molecule has 1 saturated heterocycles. The second kappa shape index (κ2) is 14.6. The summed E-state index contributed by atoms with van der Waals surface area (Å²) in [6, 6.07) is 9.01. The summed E-state index contributed by atoms with van der Waals surface area (Å²) in [6.45, 7) is 12.5. The first-order valence-corrected chi connectivity index (χ1v) is 6.71. The number of carbonyl (C=O) groups excluding carboxylic acids is 2. The molecule has 0 unspecified atom stereocenters. The van der Waals surface area contributed by atoms with Gasteiger partial charge in [0.1, 0.15) is 13.6 Å². The summed E-state index contributed by atoms with van der Waals surface area (Å²) in [5.41, 5.74) is 2.88. The molecule has 2 rings (SSSR count). The van der Waals surface area contributed by atoms with E-state index in [0.717, 1.165) is 5.92 Å². The van der Waals surface area contributed by atoms with Crippen LogP contribution in [-0.4, -0.2) is 26.7 Å². The second-order valence-corrected chi connectivity index (χ2v) is 3.93. The average Bonchev–Trinajstić information content (AvgIpc) is 2.55. The van der Waals surface area contributed by atoms with Gasteiger partial charge in [-0.2, -0.15) is 0 Å². The normalized spacial score (nSPS) is 13.6. The molecule has 1 N–H and O–H groups in total. The minimum atomic E-state index is 0.793. The number of rotatable bonds is 1. The van der Waals surface area contributed by atoms with Gasteiger partial charge in [0.05, 0.1) is 0 Å². The van der Waals surface area contributed by atoms with Gasteiger partial charge >= 0.3 is 0 Å². The van der Waals surface area contributed by atoms with Crippen LogP contribution in [0.15, 0.2) is 24.3 Å². The van der Waals surface area contributed by atoms with E-state index in [2.05, 4.69) is 36.5 Å². The lowest BCUT2D eigenvalue weighted by Crippen LogP contribution is -2.26. The van der Waals surface area contributed by atoms with Crippen molar-refractivity contribution in [2.45, 2.75) is 39.5 Å². The van der Waals surface area contributed by atoms with E-state index in [1.807, 2.05) is 27.4 Å². The van der Waals surface area contributed by atoms with Crippen molar-refractivity contribution in [2.24, 2.45) is 0 Å². The lowest BCUT2D eigenvalue weighted by atomic mass is 9.90. The molecule has 19 heavy (non-hydrogen) atoms. The van der Waals surface area contributed by atoms with Crippen molar-refractivity contribution < 1.29 is 9.59 Å². The van der Waals surface area contributed by atoms with E-state index in [1.165, 1.54) is 37.1 Å². The van der Waals surface area contributed by atoms with Gasteiger partial charge in [-0.25, -0.2) is 0 Å². The van der Waals surface area contributed by atoms with Gasteiger partial charge in [0.15, 0.2) is 0 Å². The molecule has 0 amide bonds. The summed E-state index contributed by atoms with van der Waals surface area (Å²) in [5, 5.41) is 3.40. The highest BCUT2D eigenvalue weighted by Gasteiger charge is 2.14. The van der Waals surface area contributed by atoms with Crippen LogP contribution in [0.3, 0.4) is 0 Å². The number of hydrogen-bond donors (Lipinski definition) is 1. The third-order valence-electron chi connectivity index (χ3n) is 2.89. The molecule has 108 valence electrons. The largest absolute Gasteiger partial charge is 0.317 e. The molecule has 0 saturated carbocycles. The minimum Gasteiger partial charge on any atom is -0.317 e. The lowest BCUT2D eigenvalue weighted by Gasteiger charge is -2.22. The van der Waals surface area contributed by atoms with Gasteiger partial charge in [-0.3, -0.25) is 0 Å². The van der Waals surface area contributed by atoms with Crippen molar-refractivity contribution in [3.63, 3.8) is 0 Å². The fourth-order valence-electron chi connectivity index (χ4n) is 1.99. The van der Waals surface area contributed by atoms with Gasteiger partial charge in [0.2, 0.25) is 0 Å². The van der Waals surface area contributed by atoms with Crippen LogP contribution in [-0.2, 0) is 9.59 Å².